The van der Waals surface area contributed by atoms with Gasteiger partial charge in [0.15, 0.2) is 0 Å². The number of carbonyl (C=O) groups excluding carboxylic acids is 1. The number of hydrogen-bond acceptors (Lipinski definition) is 4. The van der Waals surface area contributed by atoms with Gasteiger partial charge < -0.3 is 10.2 Å². The zero-order valence-electron chi connectivity index (χ0n) is 16.5. The fraction of sp³-hybridized carbons (Fsp3) is 0.632. The van der Waals surface area contributed by atoms with Crippen LogP contribution in [0.4, 0.5) is 5.69 Å². The second-order valence-corrected chi connectivity index (χ2v) is 9.93. The summed E-state index contributed by atoms with van der Waals surface area (Å²) in [7, 11) is -3.73. The van der Waals surface area contributed by atoms with Gasteiger partial charge >= 0.3 is 0 Å². The summed E-state index contributed by atoms with van der Waals surface area (Å²) >= 11 is 12.2. The maximum Gasteiger partial charge on any atom is 0.243 e. The zero-order chi connectivity index (χ0) is 20.7. The van der Waals surface area contributed by atoms with E-state index in [1.54, 1.807) is 13.0 Å². The molecule has 0 aliphatic carbocycles. The van der Waals surface area contributed by atoms with Crippen LogP contribution in [0.25, 0.3) is 0 Å². The summed E-state index contributed by atoms with van der Waals surface area (Å²) in [6.45, 7) is 5.20. The lowest BCUT2D eigenvalue weighted by molar-refractivity contribution is -0.121. The van der Waals surface area contributed by atoms with Crippen molar-refractivity contribution in [3.63, 3.8) is 0 Å². The van der Waals surface area contributed by atoms with Gasteiger partial charge in [0.1, 0.15) is 6.04 Å². The number of hydrogen-bond donors (Lipinski definition) is 1. The van der Waals surface area contributed by atoms with E-state index in [-0.39, 0.29) is 16.6 Å². The summed E-state index contributed by atoms with van der Waals surface area (Å²) < 4.78 is 25.7. The molecule has 0 bridgehead atoms. The number of amides is 1. The Labute approximate surface area is 178 Å². The summed E-state index contributed by atoms with van der Waals surface area (Å²) in [5.41, 5.74) is 0.198. The maximum absolute atomic E-state index is 12.6. The highest BCUT2D eigenvalue weighted by atomic mass is 35.5. The Morgan fingerprint density at radius 3 is 2.46 bits per heavy atom. The molecule has 6 nitrogen and oxygen atoms in total. The van der Waals surface area contributed by atoms with Gasteiger partial charge in [-0.3, -0.25) is 9.10 Å². The number of benzene rings is 1. The predicted molar refractivity (Wildman–Crippen MR) is 116 cm³/mol. The molecule has 0 saturated carbocycles. The Hall–Kier alpha value is -1.02. The number of nitrogens with zero attached hydrogens (tertiary/aromatic N) is 2. The minimum absolute atomic E-state index is 0.198. The molecule has 1 atom stereocenters. The summed E-state index contributed by atoms with van der Waals surface area (Å²) in [5, 5.41) is 3.41. The summed E-state index contributed by atoms with van der Waals surface area (Å²) in [6, 6.07) is 3.60. The molecule has 0 radical (unpaired) electrons. The van der Waals surface area contributed by atoms with Crippen molar-refractivity contribution < 1.29 is 13.2 Å². The van der Waals surface area contributed by atoms with Crippen molar-refractivity contribution in [2.45, 2.75) is 45.1 Å². The highest BCUT2D eigenvalue weighted by Gasteiger charge is 2.30. The van der Waals surface area contributed by atoms with Crippen LogP contribution in [0, 0.1) is 0 Å². The van der Waals surface area contributed by atoms with E-state index in [1.807, 2.05) is 0 Å². The molecule has 1 aliphatic heterocycles. The van der Waals surface area contributed by atoms with E-state index in [1.165, 1.54) is 37.8 Å². The number of sulfonamides is 1. The molecule has 0 unspecified atom stereocenters. The summed E-state index contributed by atoms with van der Waals surface area (Å²) in [4.78, 5) is 15.0. The average molecular weight is 450 g/mol. The second-order valence-electron chi connectivity index (χ2n) is 7.23. The molecule has 1 aliphatic rings. The largest absolute Gasteiger partial charge is 0.354 e. The third-order valence-electron chi connectivity index (χ3n) is 4.88. The zero-order valence-corrected chi connectivity index (χ0v) is 18.8. The quantitative estimate of drug-likeness (QED) is 0.616. The molecule has 28 heavy (non-hydrogen) atoms. The van der Waals surface area contributed by atoms with Crippen molar-refractivity contribution in [2.75, 3.05) is 36.7 Å². The van der Waals surface area contributed by atoms with E-state index < -0.39 is 16.1 Å². The molecular weight excluding hydrogens is 421 g/mol. The second kappa shape index (κ2) is 10.7. The van der Waals surface area contributed by atoms with Crippen LogP contribution in [0.2, 0.25) is 10.0 Å². The van der Waals surface area contributed by atoms with E-state index in [0.29, 0.717) is 11.6 Å². The molecule has 1 aromatic rings. The molecule has 9 heteroatoms. The van der Waals surface area contributed by atoms with E-state index >= 15 is 0 Å². The van der Waals surface area contributed by atoms with Crippen LogP contribution in [0.15, 0.2) is 18.2 Å². The molecule has 1 heterocycles. The molecule has 1 saturated heterocycles. The molecule has 0 spiro atoms. The number of likely N-dealkylation sites (tertiary alicyclic amines) is 1. The first-order valence-electron chi connectivity index (χ1n) is 9.64. The van der Waals surface area contributed by atoms with Crippen LogP contribution in [0.3, 0.4) is 0 Å². The third kappa shape index (κ3) is 6.79. The first kappa shape index (κ1) is 23.3. The number of anilines is 1. The SMILES string of the molecule is C[C@@H](C(=O)NCCCN1CCCCCC1)N(c1cc(Cl)ccc1Cl)S(C)(=O)=O. The first-order valence-corrected chi connectivity index (χ1v) is 12.2. The monoisotopic (exact) mass is 449 g/mol. The van der Waals surface area contributed by atoms with E-state index in [2.05, 4.69) is 10.2 Å². The van der Waals surface area contributed by atoms with Crippen molar-refractivity contribution in [3.8, 4) is 0 Å². The van der Waals surface area contributed by atoms with Gasteiger partial charge in [0.25, 0.3) is 0 Å². The normalized spacial score (nSPS) is 17.0. The molecule has 1 aromatic carbocycles. The third-order valence-corrected chi connectivity index (χ3v) is 6.67. The van der Waals surface area contributed by atoms with Gasteiger partial charge in [0.2, 0.25) is 15.9 Å². The van der Waals surface area contributed by atoms with Crippen molar-refractivity contribution in [2.24, 2.45) is 0 Å². The average Bonchev–Trinajstić information content (AvgIpc) is 2.89. The molecule has 2 rings (SSSR count). The minimum atomic E-state index is -3.73. The summed E-state index contributed by atoms with van der Waals surface area (Å²) in [5.74, 6) is -0.364. The summed E-state index contributed by atoms with van der Waals surface area (Å²) in [6.07, 6.45) is 6.92. The van der Waals surface area contributed by atoms with Crippen LogP contribution in [0.5, 0.6) is 0 Å². The van der Waals surface area contributed by atoms with E-state index in [4.69, 9.17) is 23.2 Å². The van der Waals surface area contributed by atoms with Gasteiger partial charge in [-0.05, 0) is 64.0 Å². The van der Waals surface area contributed by atoms with Gasteiger partial charge in [-0.1, -0.05) is 36.0 Å². The molecule has 1 fully saturated rings. The van der Waals surface area contributed by atoms with Crippen molar-refractivity contribution in [3.05, 3.63) is 28.2 Å². The fourth-order valence-electron chi connectivity index (χ4n) is 3.46. The lowest BCUT2D eigenvalue weighted by Crippen LogP contribution is -2.48. The van der Waals surface area contributed by atoms with Gasteiger partial charge in [-0.25, -0.2) is 8.42 Å². The minimum Gasteiger partial charge on any atom is -0.354 e. The molecular formula is C19H29Cl2N3O3S. The van der Waals surface area contributed by atoms with E-state index in [9.17, 15) is 13.2 Å². The number of nitrogens with one attached hydrogen (secondary N) is 1. The lowest BCUT2D eigenvalue weighted by Gasteiger charge is -2.29. The Morgan fingerprint density at radius 2 is 1.86 bits per heavy atom. The predicted octanol–water partition coefficient (Wildman–Crippen LogP) is 3.53. The first-order chi connectivity index (χ1) is 13.2. The van der Waals surface area contributed by atoms with Crippen molar-refractivity contribution >= 4 is 44.8 Å². The standard InChI is InChI=1S/C19H29Cl2N3O3S/c1-15(19(25)22-10-7-13-23-11-5-3-4-6-12-23)24(28(2,26)27)18-14-16(20)8-9-17(18)21/h8-9,14-15H,3-7,10-13H2,1-2H3,(H,22,25)/t15-/m0/s1. The van der Waals surface area contributed by atoms with Crippen LogP contribution in [-0.2, 0) is 14.8 Å². The molecule has 158 valence electrons. The number of halogens is 2. The fourth-order valence-corrected chi connectivity index (χ4v) is 5.06. The molecule has 1 N–H and O–H groups in total. The van der Waals surface area contributed by atoms with Crippen LogP contribution >= 0.6 is 23.2 Å². The lowest BCUT2D eigenvalue weighted by atomic mass is 10.2. The Kier molecular flexibility index (Phi) is 8.86. The van der Waals surface area contributed by atoms with Crippen LogP contribution < -0.4 is 9.62 Å². The van der Waals surface area contributed by atoms with Crippen LogP contribution in [-0.4, -0.2) is 57.7 Å². The maximum atomic E-state index is 12.6. The van der Waals surface area contributed by atoms with Gasteiger partial charge in [0.05, 0.1) is 17.0 Å². The van der Waals surface area contributed by atoms with Crippen LogP contribution in [0.1, 0.15) is 39.0 Å². The Bertz CT molecular complexity index is 766. The Morgan fingerprint density at radius 1 is 1.21 bits per heavy atom. The number of rotatable bonds is 8. The highest BCUT2D eigenvalue weighted by Crippen LogP contribution is 2.32. The number of carbonyl (C=O) groups is 1. The molecule has 1 amide bonds. The topological polar surface area (TPSA) is 69.7 Å². The van der Waals surface area contributed by atoms with Crippen molar-refractivity contribution in [1.82, 2.24) is 10.2 Å². The van der Waals surface area contributed by atoms with Gasteiger partial charge in [0, 0.05) is 11.6 Å². The Balaban J connectivity index is 1.97. The van der Waals surface area contributed by atoms with Crippen molar-refractivity contribution in [1.29, 1.82) is 0 Å². The smallest absolute Gasteiger partial charge is 0.243 e. The molecule has 0 aromatic heterocycles. The van der Waals surface area contributed by atoms with E-state index in [0.717, 1.165) is 36.6 Å². The van der Waals surface area contributed by atoms with Gasteiger partial charge in [-0.2, -0.15) is 0 Å². The highest BCUT2D eigenvalue weighted by molar-refractivity contribution is 7.92. The van der Waals surface area contributed by atoms with Gasteiger partial charge in [-0.15, -0.1) is 0 Å².